The lowest BCUT2D eigenvalue weighted by molar-refractivity contribution is -0.123. The van der Waals surface area contributed by atoms with Gasteiger partial charge >= 0.3 is 0 Å². The van der Waals surface area contributed by atoms with Gasteiger partial charge in [-0.15, -0.1) is 22.7 Å². The largest absolute Gasteiger partial charge is 0.293 e. The van der Waals surface area contributed by atoms with Crippen LogP contribution in [-0.4, -0.2) is 26.9 Å². The molecule has 0 radical (unpaired) electrons. The number of hydrogen-bond donors (Lipinski definition) is 0. The average Bonchev–Trinajstić information content (AvgIpc) is 3.42. The number of carbonyl (C=O) groups is 3. The van der Waals surface area contributed by atoms with E-state index in [2.05, 4.69) is 4.98 Å². The molecule has 0 spiro atoms. The molecule has 0 N–H and O–H groups in total. The van der Waals surface area contributed by atoms with Gasteiger partial charge in [0.2, 0.25) is 5.91 Å². The van der Waals surface area contributed by atoms with Crippen LogP contribution >= 0.6 is 34.4 Å². The van der Waals surface area contributed by atoms with Crippen molar-refractivity contribution in [3.8, 4) is 0 Å². The van der Waals surface area contributed by atoms with Crippen LogP contribution in [0.15, 0.2) is 58.1 Å². The minimum absolute atomic E-state index is 0.0729. The van der Waals surface area contributed by atoms with E-state index < -0.39 is 0 Å². The summed E-state index contributed by atoms with van der Waals surface area (Å²) >= 11 is 3.73. The van der Waals surface area contributed by atoms with Crippen molar-refractivity contribution >= 4 is 68.4 Å². The zero-order chi connectivity index (χ0) is 20.4. The first-order valence-electron chi connectivity index (χ1n) is 8.62. The topological polar surface area (TPSA) is 70.6 Å². The number of carbonyl (C=O) groups excluding carboxylic acids is 3. The van der Waals surface area contributed by atoms with Gasteiger partial charge in [-0.1, -0.05) is 24.3 Å². The Bertz CT molecular complexity index is 1090. The fraction of sp³-hybridized carbons (Fsp3) is 0.100. The first-order valence-corrected chi connectivity index (χ1v) is 11.2. The van der Waals surface area contributed by atoms with Crippen LogP contribution in [0.3, 0.4) is 0 Å². The van der Waals surface area contributed by atoms with E-state index in [-0.39, 0.29) is 23.6 Å². The van der Waals surface area contributed by atoms with Crippen LogP contribution in [-0.2, 0) is 16.1 Å². The van der Waals surface area contributed by atoms with Crippen molar-refractivity contribution in [3.63, 3.8) is 0 Å². The van der Waals surface area contributed by atoms with Gasteiger partial charge in [0.15, 0.2) is 5.13 Å². The van der Waals surface area contributed by atoms with E-state index in [0.717, 1.165) is 16.6 Å². The van der Waals surface area contributed by atoms with Gasteiger partial charge in [-0.05, 0) is 41.4 Å². The Balaban J connectivity index is 1.54. The van der Waals surface area contributed by atoms with Crippen LogP contribution in [0.25, 0.3) is 6.08 Å². The van der Waals surface area contributed by atoms with E-state index in [1.165, 1.54) is 39.4 Å². The summed E-state index contributed by atoms with van der Waals surface area (Å²) in [6.45, 7) is 1.55. The van der Waals surface area contributed by atoms with Gasteiger partial charge in [-0.25, -0.2) is 4.98 Å². The summed E-state index contributed by atoms with van der Waals surface area (Å²) in [7, 11) is 0. The molecule has 1 aliphatic heterocycles. The number of benzene rings is 1. The van der Waals surface area contributed by atoms with Crippen molar-refractivity contribution in [3.05, 3.63) is 68.7 Å². The zero-order valence-electron chi connectivity index (χ0n) is 15.3. The Morgan fingerprint density at radius 3 is 2.62 bits per heavy atom. The number of aromatic nitrogens is 1. The molecule has 3 heterocycles. The minimum atomic E-state index is -0.325. The van der Waals surface area contributed by atoms with E-state index in [4.69, 9.17) is 0 Å². The van der Waals surface area contributed by atoms with Gasteiger partial charge in [-0.3, -0.25) is 24.2 Å². The fourth-order valence-electron chi connectivity index (χ4n) is 2.78. The Morgan fingerprint density at radius 1 is 1.14 bits per heavy atom. The second kappa shape index (κ2) is 8.32. The predicted molar refractivity (Wildman–Crippen MR) is 117 cm³/mol. The van der Waals surface area contributed by atoms with Gasteiger partial charge in [0.05, 0.1) is 22.8 Å². The smallest absolute Gasteiger partial charge is 0.274 e. The molecule has 3 amide bonds. The summed E-state index contributed by atoms with van der Waals surface area (Å²) in [6, 6.07) is 13.0. The molecule has 3 aromatic rings. The molecule has 29 heavy (non-hydrogen) atoms. The average molecular weight is 442 g/mol. The van der Waals surface area contributed by atoms with Gasteiger partial charge in [-0.2, -0.15) is 0 Å². The summed E-state index contributed by atoms with van der Waals surface area (Å²) in [4.78, 5) is 45.7. The van der Waals surface area contributed by atoms with Crippen molar-refractivity contribution in [2.24, 2.45) is 0 Å². The fourth-order valence-corrected chi connectivity index (χ4v) is 5.22. The second-order valence-electron chi connectivity index (χ2n) is 6.09. The van der Waals surface area contributed by atoms with Gasteiger partial charge in [0, 0.05) is 17.2 Å². The van der Waals surface area contributed by atoms with E-state index >= 15 is 0 Å². The highest BCUT2D eigenvalue weighted by molar-refractivity contribution is 8.18. The first kappa shape index (κ1) is 19.6. The molecule has 146 valence electrons. The number of thiophene rings is 1. The van der Waals surface area contributed by atoms with E-state index in [0.29, 0.717) is 21.4 Å². The summed E-state index contributed by atoms with van der Waals surface area (Å²) < 4.78 is 0. The Morgan fingerprint density at radius 2 is 1.93 bits per heavy atom. The molecule has 4 rings (SSSR count). The van der Waals surface area contributed by atoms with Crippen LogP contribution in [0, 0.1) is 0 Å². The molecule has 0 unspecified atom stereocenters. The molecule has 9 heteroatoms. The maximum atomic E-state index is 12.6. The lowest BCUT2D eigenvalue weighted by Crippen LogP contribution is -2.28. The SMILES string of the molecule is CC(=O)N(c1ccccc1)c1nc(CN2C(=O)S/C(=C\c3cccs3)C2=O)cs1. The molecule has 6 nitrogen and oxygen atoms in total. The van der Waals surface area contributed by atoms with Crippen LogP contribution in [0.1, 0.15) is 17.5 Å². The first-order chi connectivity index (χ1) is 14.0. The molecule has 0 bridgehead atoms. The number of anilines is 2. The third-order valence-electron chi connectivity index (χ3n) is 4.07. The highest BCUT2D eigenvalue weighted by Crippen LogP contribution is 2.35. The highest BCUT2D eigenvalue weighted by atomic mass is 32.2. The second-order valence-corrected chi connectivity index (χ2v) is 8.90. The summed E-state index contributed by atoms with van der Waals surface area (Å²) in [5, 5.41) is 3.86. The maximum absolute atomic E-state index is 12.6. The van der Waals surface area contributed by atoms with Crippen LogP contribution in [0.2, 0.25) is 0 Å². The molecule has 1 aromatic carbocycles. The standard InChI is InChI=1S/C20H15N3O3S3/c1-13(24)23(15-6-3-2-4-7-15)19-21-14(12-28-19)11-22-18(25)17(29-20(22)26)10-16-8-5-9-27-16/h2-10,12H,11H2,1H3/b17-10-. The number of para-hydroxylation sites is 1. The van der Waals surface area contributed by atoms with Gasteiger partial charge in [0.25, 0.3) is 11.1 Å². The lowest BCUT2D eigenvalue weighted by Gasteiger charge is -2.17. The van der Waals surface area contributed by atoms with Crippen LogP contribution < -0.4 is 4.90 Å². The monoisotopic (exact) mass is 441 g/mol. The maximum Gasteiger partial charge on any atom is 0.293 e. The third-order valence-corrected chi connectivity index (χ3v) is 6.67. The molecule has 1 saturated heterocycles. The molecule has 2 aromatic heterocycles. The van der Waals surface area contributed by atoms with E-state index in [1.807, 2.05) is 47.8 Å². The zero-order valence-corrected chi connectivity index (χ0v) is 17.7. The van der Waals surface area contributed by atoms with Crippen molar-refractivity contribution < 1.29 is 14.4 Å². The van der Waals surface area contributed by atoms with Gasteiger partial charge in [0.1, 0.15) is 0 Å². The summed E-state index contributed by atoms with van der Waals surface area (Å²) in [5.41, 5.74) is 1.28. The van der Waals surface area contributed by atoms with Crippen molar-refractivity contribution in [2.45, 2.75) is 13.5 Å². The Labute approximate surface area is 179 Å². The number of nitrogens with zero attached hydrogens (tertiary/aromatic N) is 3. The molecule has 0 saturated carbocycles. The van der Waals surface area contributed by atoms with Crippen molar-refractivity contribution in [1.82, 2.24) is 9.88 Å². The van der Waals surface area contributed by atoms with Gasteiger partial charge < -0.3 is 0 Å². The van der Waals surface area contributed by atoms with Crippen LogP contribution in [0.4, 0.5) is 15.6 Å². The lowest BCUT2D eigenvalue weighted by atomic mass is 10.3. The predicted octanol–water partition coefficient (Wildman–Crippen LogP) is 5.13. The molecule has 1 aliphatic rings. The van der Waals surface area contributed by atoms with Crippen molar-refractivity contribution in [1.29, 1.82) is 0 Å². The number of amides is 3. The number of hydrogen-bond acceptors (Lipinski definition) is 7. The van der Waals surface area contributed by atoms with E-state index in [1.54, 1.807) is 11.5 Å². The highest BCUT2D eigenvalue weighted by Gasteiger charge is 2.35. The number of rotatable bonds is 5. The molecular formula is C20H15N3O3S3. The molecule has 0 atom stereocenters. The Hall–Kier alpha value is -2.75. The quantitative estimate of drug-likeness (QED) is 0.514. The molecule has 0 aliphatic carbocycles. The normalized spacial score (nSPS) is 15.3. The Kier molecular flexibility index (Phi) is 5.61. The molecule has 1 fully saturated rings. The summed E-state index contributed by atoms with van der Waals surface area (Å²) in [6.07, 6.45) is 1.73. The van der Waals surface area contributed by atoms with Crippen LogP contribution in [0.5, 0.6) is 0 Å². The van der Waals surface area contributed by atoms with Crippen molar-refractivity contribution in [2.75, 3.05) is 4.90 Å². The summed E-state index contributed by atoms with van der Waals surface area (Å²) in [5.74, 6) is -0.489. The number of thiazole rings is 1. The molecular weight excluding hydrogens is 426 g/mol. The number of imide groups is 1. The minimum Gasteiger partial charge on any atom is -0.274 e. The third kappa shape index (κ3) is 4.16. The van der Waals surface area contributed by atoms with E-state index in [9.17, 15) is 14.4 Å². The number of thioether (sulfide) groups is 1.